The lowest BCUT2D eigenvalue weighted by Gasteiger charge is -2.32. The molecule has 26 heavy (non-hydrogen) atoms. The van der Waals surface area contributed by atoms with Crippen molar-refractivity contribution in [3.63, 3.8) is 0 Å². The second-order valence-electron chi connectivity index (χ2n) is 7.92. The Morgan fingerprint density at radius 2 is 1.96 bits per heavy atom. The van der Waals surface area contributed by atoms with Crippen molar-refractivity contribution >= 4 is 29.9 Å². The fraction of sp³-hybridized carbons (Fsp3) is 0.950. The minimum Gasteiger partial charge on any atom is -0.381 e. The molecule has 6 heteroatoms. The fourth-order valence-corrected chi connectivity index (χ4v) is 3.77. The largest absolute Gasteiger partial charge is 0.381 e. The van der Waals surface area contributed by atoms with Crippen molar-refractivity contribution in [2.24, 2.45) is 22.7 Å². The zero-order chi connectivity index (χ0) is 17.9. The molecule has 1 saturated heterocycles. The van der Waals surface area contributed by atoms with E-state index in [-0.39, 0.29) is 24.0 Å². The highest BCUT2D eigenvalue weighted by atomic mass is 127. The van der Waals surface area contributed by atoms with Crippen molar-refractivity contribution in [1.29, 1.82) is 0 Å². The molecule has 2 N–H and O–H groups in total. The first-order valence-electron chi connectivity index (χ1n) is 10.4. The van der Waals surface area contributed by atoms with E-state index in [1.165, 1.54) is 25.7 Å². The van der Waals surface area contributed by atoms with Crippen LogP contribution in [0, 0.1) is 17.8 Å². The average Bonchev–Trinajstić information content (AvgIpc) is 3.12. The second-order valence-corrected chi connectivity index (χ2v) is 7.92. The lowest BCUT2D eigenvalue weighted by atomic mass is 9.80. The second kappa shape index (κ2) is 14.0. The Morgan fingerprint density at radius 3 is 2.58 bits per heavy atom. The predicted octanol–water partition coefficient (Wildman–Crippen LogP) is 3.82. The summed E-state index contributed by atoms with van der Waals surface area (Å²) in [6.45, 7) is 11.9. The summed E-state index contributed by atoms with van der Waals surface area (Å²) < 4.78 is 11.1. The van der Waals surface area contributed by atoms with Gasteiger partial charge in [0.1, 0.15) is 0 Å². The van der Waals surface area contributed by atoms with E-state index in [1.807, 2.05) is 0 Å². The van der Waals surface area contributed by atoms with E-state index in [2.05, 4.69) is 31.4 Å². The van der Waals surface area contributed by atoms with Gasteiger partial charge >= 0.3 is 0 Å². The zero-order valence-corrected chi connectivity index (χ0v) is 19.3. The van der Waals surface area contributed by atoms with Gasteiger partial charge in [0.05, 0.1) is 13.2 Å². The molecule has 0 bridgehead atoms. The van der Waals surface area contributed by atoms with Gasteiger partial charge in [-0.25, -0.2) is 0 Å². The molecule has 0 aromatic rings. The summed E-state index contributed by atoms with van der Waals surface area (Å²) in [6.07, 6.45) is 7.33. The van der Waals surface area contributed by atoms with Crippen molar-refractivity contribution in [3.8, 4) is 0 Å². The van der Waals surface area contributed by atoms with Gasteiger partial charge in [0.25, 0.3) is 0 Å². The molecule has 0 spiro atoms. The number of hydrogen-bond acceptors (Lipinski definition) is 3. The van der Waals surface area contributed by atoms with Crippen molar-refractivity contribution in [3.05, 3.63) is 0 Å². The third-order valence-electron chi connectivity index (χ3n) is 5.49. The molecule has 1 aliphatic heterocycles. The Balaban J connectivity index is 0.00000338. The molecule has 0 radical (unpaired) electrons. The SMILES string of the molecule is CCNC(=NCCCOCC1CCOC1)NC1CCC(C(C)C)CC1.I. The van der Waals surface area contributed by atoms with Crippen LogP contribution >= 0.6 is 24.0 Å². The maximum absolute atomic E-state index is 5.75. The molecule has 0 aromatic heterocycles. The van der Waals surface area contributed by atoms with Crippen LogP contribution < -0.4 is 10.6 Å². The average molecular weight is 481 g/mol. The van der Waals surface area contributed by atoms with Crippen LogP contribution in [0.4, 0.5) is 0 Å². The molecule has 2 rings (SSSR count). The molecule has 154 valence electrons. The van der Waals surface area contributed by atoms with Crippen molar-refractivity contribution in [1.82, 2.24) is 10.6 Å². The standard InChI is InChI=1S/C20H39N3O2.HI/c1-4-21-20(23-19-8-6-18(7-9-19)16(2)3)22-11-5-12-24-14-17-10-13-25-15-17;/h16-19H,4-15H2,1-3H3,(H2,21,22,23);1H. The van der Waals surface area contributed by atoms with Gasteiger partial charge in [-0.15, -0.1) is 24.0 Å². The molecule has 2 aliphatic rings. The molecular weight excluding hydrogens is 441 g/mol. The maximum Gasteiger partial charge on any atom is 0.191 e. The van der Waals surface area contributed by atoms with Crippen molar-refractivity contribution in [2.75, 3.05) is 39.5 Å². The normalized spacial score (nSPS) is 26.6. The minimum atomic E-state index is 0. The summed E-state index contributed by atoms with van der Waals surface area (Å²) in [5.41, 5.74) is 0. The van der Waals surface area contributed by atoms with E-state index in [9.17, 15) is 0 Å². The minimum absolute atomic E-state index is 0. The molecule has 5 nitrogen and oxygen atoms in total. The first kappa shape index (κ1) is 24.0. The number of nitrogens with one attached hydrogen (secondary N) is 2. The number of nitrogens with zero attached hydrogens (tertiary/aromatic N) is 1. The summed E-state index contributed by atoms with van der Waals surface area (Å²) in [7, 11) is 0. The van der Waals surface area contributed by atoms with E-state index in [0.717, 1.165) is 70.2 Å². The van der Waals surface area contributed by atoms with Crippen LogP contribution in [-0.4, -0.2) is 51.5 Å². The third-order valence-corrected chi connectivity index (χ3v) is 5.49. The summed E-state index contributed by atoms with van der Waals surface area (Å²) >= 11 is 0. The van der Waals surface area contributed by atoms with Crippen molar-refractivity contribution < 1.29 is 9.47 Å². The van der Waals surface area contributed by atoms with E-state index in [4.69, 9.17) is 14.5 Å². The molecule has 1 aliphatic carbocycles. The topological polar surface area (TPSA) is 54.9 Å². The molecule has 1 atom stereocenters. The Bertz CT molecular complexity index is 379. The first-order valence-corrected chi connectivity index (χ1v) is 10.4. The van der Waals surface area contributed by atoms with Gasteiger partial charge in [-0.2, -0.15) is 0 Å². The van der Waals surface area contributed by atoms with Crippen LogP contribution in [0.15, 0.2) is 4.99 Å². The zero-order valence-electron chi connectivity index (χ0n) is 17.0. The lowest BCUT2D eigenvalue weighted by molar-refractivity contribution is 0.0893. The van der Waals surface area contributed by atoms with E-state index < -0.39 is 0 Å². The van der Waals surface area contributed by atoms with E-state index in [1.54, 1.807) is 0 Å². The quantitative estimate of drug-likeness (QED) is 0.228. The van der Waals surface area contributed by atoms with Crippen LogP contribution in [0.25, 0.3) is 0 Å². The van der Waals surface area contributed by atoms with E-state index >= 15 is 0 Å². The molecular formula is C20H40IN3O2. The molecule has 0 amide bonds. The summed E-state index contributed by atoms with van der Waals surface area (Å²) in [5.74, 6) is 3.29. The number of rotatable bonds is 9. The van der Waals surface area contributed by atoms with Gasteiger partial charge in [-0.3, -0.25) is 4.99 Å². The smallest absolute Gasteiger partial charge is 0.191 e. The van der Waals surface area contributed by atoms with Gasteiger partial charge < -0.3 is 20.1 Å². The molecule has 1 unspecified atom stereocenters. The fourth-order valence-electron chi connectivity index (χ4n) is 3.77. The van der Waals surface area contributed by atoms with Gasteiger partial charge in [-0.05, 0) is 57.3 Å². The highest BCUT2D eigenvalue weighted by Gasteiger charge is 2.23. The van der Waals surface area contributed by atoms with Crippen LogP contribution in [0.5, 0.6) is 0 Å². The molecule has 1 heterocycles. The van der Waals surface area contributed by atoms with Crippen LogP contribution in [0.3, 0.4) is 0 Å². The van der Waals surface area contributed by atoms with Crippen LogP contribution in [-0.2, 0) is 9.47 Å². The molecule has 2 fully saturated rings. The van der Waals surface area contributed by atoms with Gasteiger partial charge in [0.2, 0.25) is 0 Å². The summed E-state index contributed by atoms with van der Waals surface area (Å²) in [5, 5.41) is 7.01. The van der Waals surface area contributed by atoms with Gasteiger partial charge in [-0.1, -0.05) is 13.8 Å². The lowest BCUT2D eigenvalue weighted by Crippen LogP contribution is -2.45. The van der Waals surface area contributed by atoms with Crippen LogP contribution in [0.1, 0.15) is 59.3 Å². The number of ether oxygens (including phenoxy) is 2. The predicted molar refractivity (Wildman–Crippen MR) is 119 cm³/mol. The highest BCUT2D eigenvalue weighted by molar-refractivity contribution is 14.0. The molecule has 1 saturated carbocycles. The monoisotopic (exact) mass is 481 g/mol. The Morgan fingerprint density at radius 1 is 1.19 bits per heavy atom. The number of guanidine groups is 1. The Kier molecular flexibility index (Phi) is 12.9. The van der Waals surface area contributed by atoms with Crippen LogP contribution in [0.2, 0.25) is 0 Å². The van der Waals surface area contributed by atoms with Gasteiger partial charge in [0.15, 0.2) is 5.96 Å². The Hall–Kier alpha value is -0.0800. The van der Waals surface area contributed by atoms with E-state index in [0.29, 0.717) is 12.0 Å². The maximum atomic E-state index is 5.75. The van der Waals surface area contributed by atoms with Crippen molar-refractivity contribution in [2.45, 2.75) is 65.3 Å². The summed E-state index contributed by atoms with van der Waals surface area (Å²) in [6, 6.07) is 0.575. The van der Waals surface area contributed by atoms with Gasteiger partial charge in [0, 0.05) is 38.3 Å². The Labute approximate surface area is 177 Å². The molecule has 0 aromatic carbocycles. The third kappa shape index (κ3) is 9.22. The highest BCUT2D eigenvalue weighted by Crippen LogP contribution is 2.29. The number of aliphatic imine (C=N–C) groups is 1. The summed E-state index contributed by atoms with van der Waals surface area (Å²) in [4.78, 5) is 4.72. The number of halogens is 1. The number of hydrogen-bond donors (Lipinski definition) is 2. The first-order chi connectivity index (χ1) is 12.2.